The van der Waals surface area contributed by atoms with Crippen molar-refractivity contribution in [3.05, 3.63) is 24.0 Å². The standard InChI is InChI=1S/C10H13NO3/c1-8(13)4-5-14-10-3-2-9(7-12)11-6-10/h2-3,6-8,13H,4-5H2,1H3. The number of aliphatic hydroxyl groups is 1. The lowest BCUT2D eigenvalue weighted by molar-refractivity contribution is 0.111. The first-order valence-corrected chi connectivity index (χ1v) is 4.44. The average molecular weight is 195 g/mol. The van der Waals surface area contributed by atoms with Gasteiger partial charge in [0.1, 0.15) is 11.4 Å². The number of aromatic nitrogens is 1. The number of aldehydes is 1. The van der Waals surface area contributed by atoms with Crippen LogP contribution in [-0.4, -0.2) is 29.1 Å². The molecule has 76 valence electrons. The summed E-state index contributed by atoms with van der Waals surface area (Å²) in [5.74, 6) is 0.608. The molecule has 1 rings (SSSR count). The molecule has 1 atom stereocenters. The first-order valence-electron chi connectivity index (χ1n) is 4.44. The van der Waals surface area contributed by atoms with E-state index in [0.717, 1.165) is 0 Å². The predicted molar refractivity (Wildman–Crippen MR) is 51.4 cm³/mol. The molecule has 14 heavy (non-hydrogen) atoms. The Morgan fingerprint density at radius 3 is 2.93 bits per heavy atom. The van der Waals surface area contributed by atoms with Gasteiger partial charge in [-0.25, -0.2) is 4.98 Å². The summed E-state index contributed by atoms with van der Waals surface area (Å²) in [4.78, 5) is 14.1. The van der Waals surface area contributed by atoms with Crippen LogP contribution in [-0.2, 0) is 0 Å². The van der Waals surface area contributed by atoms with Gasteiger partial charge in [0.05, 0.1) is 18.9 Å². The van der Waals surface area contributed by atoms with Gasteiger partial charge in [-0.2, -0.15) is 0 Å². The molecule has 0 spiro atoms. The van der Waals surface area contributed by atoms with Gasteiger partial charge in [-0.3, -0.25) is 4.79 Å². The van der Waals surface area contributed by atoms with Gasteiger partial charge in [-0.1, -0.05) is 0 Å². The van der Waals surface area contributed by atoms with Gasteiger partial charge < -0.3 is 9.84 Å². The highest BCUT2D eigenvalue weighted by molar-refractivity contribution is 5.71. The van der Waals surface area contributed by atoms with Gasteiger partial charge in [-0.15, -0.1) is 0 Å². The number of aliphatic hydroxyl groups excluding tert-OH is 1. The summed E-state index contributed by atoms with van der Waals surface area (Å²) in [6.07, 6.45) is 2.39. The fourth-order valence-electron chi connectivity index (χ4n) is 0.894. The van der Waals surface area contributed by atoms with Gasteiger partial charge in [-0.05, 0) is 19.1 Å². The topological polar surface area (TPSA) is 59.4 Å². The monoisotopic (exact) mass is 195 g/mol. The molecule has 0 aromatic carbocycles. The Morgan fingerprint density at radius 1 is 1.64 bits per heavy atom. The Bertz CT molecular complexity index is 282. The first kappa shape index (κ1) is 10.7. The molecule has 0 saturated carbocycles. The van der Waals surface area contributed by atoms with Crippen molar-refractivity contribution in [2.24, 2.45) is 0 Å². The van der Waals surface area contributed by atoms with Crippen molar-refractivity contribution in [1.82, 2.24) is 4.98 Å². The van der Waals surface area contributed by atoms with E-state index in [1.165, 1.54) is 6.20 Å². The van der Waals surface area contributed by atoms with E-state index in [1.807, 2.05) is 0 Å². The van der Waals surface area contributed by atoms with Crippen molar-refractivity contribution in [2.45, 2.75) is 19.4 Å². The zero-order chi connectivity index (χ0) is 10.4. The normalized spacial score (nSPS) is 12.1. The van der Waals surface area contributed by atoms with E-state index in [1.54, 1.807) is 19.1 Å². The van der Waals surface area contributed by atoms with Crippen LogP contribution < -0.4 is 4.74 Å². The maximum absolute atomic E-state index is 10.3. The average Bonchev–Trinajstić information content (AvgIpc) is 2.18. The number of pyridine rings is 1. The van der Waals surface area contributed by atoms with E-state index in [9.17, 15) is 4.79 Å². The molecule has 4 heteroatoms. The van der Waals surface area contributed by atoms with Crippen LogP contribution in [0.3, 0.4) is 0 Å². The van der Waals surface area contributed by atoms with Crippen LogP contribution in [0.5, 0.6) is 5.75 Å². The van der Waals surface area contributed by atoms with Crippen LogP contribution in [0.1, 0.15) is 23.8 Å². The summed E-state index contributed by atoms with van der Waals surface area (Å²) >= 11 is 0. The molecule has 4 nitrogen and oxygen atoms in total. The maximum Gasteiger partial charge on any atom is 0.168 e. The number of hydrogen-bond donors (Lipinski definition) is 1. The molecular formula is C10H13NO3. The van der Waals surface area contributed by atoms with Crippen LogP contribution in [0.25, 0.3) is 0 Å². The molecule has 0 aliphatic carbocycles. The Labute approximate surface area is 82.5 Å². The fourth-order valence-corrected chi connectivity index (χ4v) is 0.894. The van der Waals surface area contributed by atoms with Gasteiger partial charge in [0.25, 0.3) is 0 Å². The Hall–Kier alpha value is -1.42. The number of carbonyl (C=O) groups is 1. The Morgan fingerprint density at radius 2 is 2.43 bits per heavy atom. The number of hydrogen-bond acceptors (Lipinski definition) is 4. The maximum atomic E-state index is 10.3. The highest BCUT2D eigenvalue weighted by Crippen LogP contribution is 2.08. The summed E-state index contributed by atoms with van der Waals surface area (Å²) in [6, 6.07) is 3.27. The summed E-state index contributed by atoms with van der Waals surface area (Å²) < 4.78 is 5.28. The van der Waals surface area contributed by atoms with Crippen molar-refractivity contribution < 1.29 is 14.6 Å². The summed E-state index contributed by atoms with van der Waals surface area (Å²) in [7, 11) is 0. The predicted octanol–water partition coefficient (Wildman–Crippen LogP) is 1.04. The van der Waals surface area contributed by atoms with E-state index < -0.39 is 0 Å². The second-order valence-corrected chi connectivity index (χ2v) is 3.02. The lowest BCUT2D eigenvalue weighted by Gasteiger charge is -2.06. The molecule has 0 saturated heterocycles. The summed E-state index contributed by atoms with van der Waals surface area (Å²) in [5, 5.41) is 8.97. The highest BCUT2D eigenvalue weighted by Gasteiger charge is 1.98. The number of rotatable bonds is 5. The van der Waals surface area contributed by atoms with Crippen molar-refractivity contribution in [3.8, 4) is 5.75 Å². The zero-order valence-corrected chi connectivity index (χ0v) is 8.01. The van der Waals surface area contributed by atoms with E-state index in [-0.39, 0.29) is 6.10 Å². The smallest absolute Gasteiger partial charge is 0.168 e. The molecule has 0 fully saturated rings. The zero-order valence-electron chi connectivity index (χ0n) is 8.01. The molecule has 1 unspecified atom stereocenters. The molecule has 1 N–H and O–H groups in total. The lowest BCUT2D eigenvalue weighted by Crippen LogP contribution is -2.07. The largest absolute Gasteiger partial charge is 0.492 e. The van der Waals surface area contributed by atoms with Gasteiger partial charge in [0.2, 0.25) is 0 Å². The molecule has 0 radical (unpaired) electrons. The molecule has 0 amide bonds. The second-order valence-electron chi connectivity index (χ2n) is 3.02. The van der Waals surface area contributed by atoms with Crippen LogP contribution in [0.2, 0.25) is 0 Å². The van der Waals surface area contributed by atoms with Crippen LogP contribution in [0.15, 0.2) is 18.3 Å². The molecule has 0 bridgehead atoms. The van der Waals surface area contributed by atoms with E-state index in [2.05, 4.69) is 4.98 Å². The second kappa shape index (κ2) is 5.34. The number of nitrogens with zero attached hydrogens (tertiary/aromatic N) is 1. The van der Waals surface area contributed by atoms with Crippen molar-refractivity contribution in [1.29, 1.82) is 0 Å². The third kappa shape index (κ3) is 3.53. The molecular weight excluding hydrogens is 182 g/mol. The van der Waals surface area contributed by atoms with Gasteiger partial charge >= 0.3 is 0 Å². The third-order valence-electron chi connectivity index (χ3n) is 1.68. The minimum atomic E-state index is -0.364. The van der Waals surface area contributed by atoms with Crippen LogP contribution in [0, 0.1) is 0 Å². The SMILES string of the molecule is CC(O)CCOc1ccc(C=O)nc1. The number of carbonyl (C=O) groups excluding carboxylic acids is 1. The van der Waals surface area contributed by atoms with Crippen molar-refractivity contribution in [3.63, 3.8) is 0 Å². The van der Waals surface area contributed by atoms with E-state index >= 15 is 0 Å². The minimum absolute atomic E-state index is 0.364. The quantitative estimate of drug-likeness (QED) is 0.713. The van der Waals surface area contributed by atoms with Crippen molar-refractivity contribution in [2.75, 3.05) is 6.61 Å². The molecule has 1 aromatic heterocycles. The van der Waals surface area contributed by atoms with E-state index in [0.29, 0.717) is 30.8 Å². The first-order chi connectivity index (χ1) is 6.72. The lowest BCUT2D eigenvalue weighted by atomic mass is 10.3. The third-order valence-corrected chi connectivity index (χ3v) is 1.68. The van der Waals surface area contributed by atoms with Crippen molar-refractivity contribution >= 4 is 6.29 Å². The van der Waals surface area contributed by atoms with Gasteiger partial charge in [0.15, 0.2) is 6.29 Å². The van der Waals surface area contributed by atoms with Gasteiger partial charge in [0, 0.05) is 6.42 Å². The Balaban J connectivity index is 2.40. The minimum Gasteiger partial charge on any atom is -0.492 e. The van der Waals surface area contributed by atoms with Crippen LogP contribution >= 0.6 is 0 Å². The Kier molecular flexibility index (Phi) is 4.07. The molecule has 1 aromatic rings. The molecule has 0 aliphatic rings. The fraction of sp³-hybridized carbons (Fsp3) is 0.400. The van der Waals surface area contributed by atoms with E-state index in [4.69, 9.17) is 9.84 Å². The van der Waals surface area contributed by atoms with Crippen LogP contribution in [0.4, 0.5) is 0 Å². The summed E-state index contributed by atoms with van der Waals surface area (Å²) in [5.41, 5.74) is 0.382. The number of ether oxygens (including phenoxy) is 1. The molecule has 1 heterocycles. The highest BCUT2D eigenvalue weighted by atomic mass is 16.5. The molecule has 0 aliphatic heterocycles. The summed E-state index contributed by atoms with van der Waals surface area (Å²) in [6.45, 7) is 2.15.